The van der Waals surface area contributed by atoms with Crippen LogP contribution in [0.3, 0.4) is 0 Å². The molecule has 0 aromatic heterocycles. The predicted molar refractivity (Wildman–Crippen MR) is 196 cm³/mol. The van der Waals surface area contributed by atoms with Crippen LogP contribution in [-0.2, 0) is 33.3 Å². The first-order chi connectivity index (χ1) is 24.7. The summed E-state index contributed by atoms with van der Waals surface area (Å²) >= 11 is 0. The molecule has 0 bridgehead atoms. The van der Waals surface area contributed by atoms with Crippen molar-refractivity contribution in [1.82, 2.24) is 9.80 Å². The van der Waals surface area contributed by atoms with Crippen LogP contribution in [0.2, 0.25) is 0 Å². The van der Waals surface area contributed by atoms with Gasteiger partial charge in [0.1, 0.15) is 11.7 Å². The highest BCUT2D eigenvalue weighted by molar-refractivity contribution is 5.90. The van der Waals surface area contributed by atoms with Gasteiger partial charge in [0.15, 0.2) is 18.2 Å². The molecule has 3 heterocycles. The molecule has 3 aliphatic heterocycles. The number of aliphatic hydroxyl groups is 1. The molecule has 8 aliphatic rings. The van der Waals surface area contributed by atoms with E-state index in [1.54, 1.807) is 18.7 Å². The molecule has 8 rings (SSSR count). The van der Waals surface area contributed by atoms with E-state index in [2.05, 4.69) is 25.7 Å². The third-order valence-electron chi connectivity index (χ3n) is 16.1. The summed E-state index contributed by atoms with van der Waals surface area (Å²) in [4.78, 5) is 43.4. The number of hydrogen-bond donors (Lipinski definition) is 1. The van der Waals surface area contributed by atoms with Crippen LogP contribution in [0.15, 0.2) is 0 Å². The SMILES string of the molecule is CC(=O)OC(C1CCC2C(O1)C(=O)C1C3CCC4C(C)(C)C(OC5CN(C6CN(C(=O)OC(C)(C)C)C6)CCO5)CCC45C[C@@]35CCC21C)C(C)(C)O. The highest BCUT2D eigenvalue weighted by atomic mass is 16.7. The number of ether oxygens (including phenoxy) is 5. The van der Waals surface area contributed by atoms with Gasteiger partial charge in [-0.25, -0.2) is 4.79 Å². The molecular formula is C42H66N2O9. The molecule has 298 valence electrons. The largest absolute Gasteiger partial charge is 0.457 e. The lowest BCUT2D eigenvalue weighted by atomic mass is 9.46. The Hall–Kier alpha value is -1.79. The first-order valence-corrected chi connectivity index (χ1v) is 20.8. The molecule has 1 amide bonds. The summed E-state index contributed by atoms with van der Waals surface area (Å²) in [5.41, 5.74) is -1.41. The van der Waals surface area contributed by atoms with E-state index >= 15 is 0 Å². The Labute approximate surface area is 316 Å². The lowest BCUT2D eigenvalue weighted by Crippen LogP contribution is -2.64. The number of morpholine rings is 1. The zero-order chi connectivity index (χ0) is 38.1. The van der Waals surface area contributed by atoms with E-state index in [-0.39, 0.29) is 57.8 Å². The molecule has 0 radical (unpaired) electrons. The smallest absolute Gasteiger partial charge is 0.410 e. The molecule has 2 spiro atoms. The Balaban J connectivity index is 0.922. The van der Waals surface area contributed by atoms with Crippen molar-refractivity contribution in [2.24, 2.45) is 45.3 Å². The Morgan fingerprint density at radius 1 is 0.925 bits per heavy atom. The minimum atomic E-state index is -1.27. The van der Waals surface area contributed by atoms with E-state index in [9.17, 15) is 19.5 Å². The van der Waals surface area contributed by atoms with Crippen LogP contribution in [0.25, 0.3) is 0 Å². The fourth-order valence-electron chi connectivity index (χ4n) is 13.7. The van der Waals surface area contributed by atoms with Crippen molar-refractivity contribution < 1.29 is 43.2 Å². The first kappa shape index (κ1) is 38.1. The predicted octanol–water partition coefficient (Wildman–Crippen LogP) is 5.74. The highest BCUT2D eigenvalue weighted by Crippen LogP contribution is 2.87. The second kappa shape index (κ2) is 12.6. The van der Waals surface area contributed by atoms with Crippen molar-refractivity contribution in [3.8, 4) is 0 Å². The molecule has 0 aromatic carbocycles. The van der Waals surface area contributed by atoms with Gasteiger partial charge in [-0.2, -0.15) is 0 Å². The van der Waals surface area contributed by atoms with Crippen LogP contribution in [-0.4, -0.2) is 113 Å². The van der Waals surface area contributed by atoms with Crippen molar-refractivity contribution in [2.45, 2.75) is 168 Å². The molecule has 11 heteroatoms. The van der Waals surface area contributed by atoms with Gasteiger partial charge in [0.25, 0.3) is 0 Å². The number of carbonyl (C=O) groups is 3. The highest BCUT2D eigenvalue weighted by Gasteiger charge is 2.82. The number of amides is 1. The number of carbonyl (C=O) groups excluding carboxylic acids is 3. The minimum Gasteiger partial charge on any atom is -0.457 e. The maximum Gasteiger partial charge on any atom is 0.410 e. The molecule has 11 unspecified atom stereocenters. The van der Waals surface area contributed by atoms with Crippen molar-refractivity contribution in [2.75, 3.05) is 32.8 Å². The van der Waals surface area contributed by atoms with Gasteiger partial charge in [-0.05, 0) is 132 Å². The van der Waals surface area contributed by atoms with Gasteiger partial charge >= 0.3 is 12.1 Å². The Bertz CT molecular complexity index is 1480. The van der Waals surface area contributed by atoms with Crippen LogP contribution in [0.4, 0.5) is 4.79 Å². The fraction of sp³-hybridized carbons (Fsp3) is 0.929. The van der Waals surface area contributed by atoms with Crippen LogP contribution in [0, 0.1) is 45.3 Å². The van der Waals surface area contributed by atoms with Crippen molar-refractivity contribution in [3.63, 3.8) is 0 Å². The molecule has 3 saturated heterocycles. The van der Waals surface area contributed by atoms with E-state index in [0.29, 0.717) is 50.5 Å². The molecule has 11 nitrogen and oxygen atoms in total. The van der Waals surface area contributed by atoms with Crippen LogP contribution in [0.5, 0.6) is 0 Å². The van der Waals surface area contributed by atoms with Gasteiger partial charge < -0.3 is 33.7 Å². The normalized spacial score (nSPS) is 44.3. The molecule has 1 N–H and O–H groups in total. The number of esters is 1. The number of Topliss-reactive ketones (excluding diaryl/α,β-unsaturated/α-hetero) is 1. The van der Waals surface area contributed by atoms with Gasteiger partial charge in [-0.15, -0.1) is 0 Å². The molecule has 12 atom stereocenters. The number of likely N-dealkylation sites (tertiary alicyclic amines) is 1. The average Bonchev–Trinajstić information content (AvgIpc) is 3.64. The van der Waals surface area contributed by atoms with Gasteiger partial charge in [-0.1, -0.05) is 20.8 Å². The van der Waals surface area contributed by atoms with Gasteiger partial charge in [0.2, 0.25) is 0 Å². The number of rotatable bonds is 6. The maximum atomic E-state index is 14.6. The maximum absolute atomic E-state index is 14.6. The average molecular weight is 743 g/mol. The topological polar surface area (TPSA) is 124 Å². The first-order valence-electron chi connectivity index (χ1n) is 20.8. The summed E-state index contributed by atoms with van der Waals surface area (Å²) < 4.78 is 31.0. The van der Waals surface area contributed by atoms with Gasteiger partial charge in [0, 0.05) is 38.5 Å². The van der Waals surface area contributed by atoms with Crippen molar-refractivity contribution in [1.29, 1.82) is 0 Å². The van der Waals surface area contributed by atoms with Gasteiger partial charge in [0.05, 0.1) is 31.0 Å². The molecule has 8 fully saturated rings. The van der Waals surface area contributed by atoms with E-state index in [1.165, 1.54) is 19.8 Å². The number of fused-ring (bicyclic) bond motifs is 4. The Morgan fingerprint density at radius 3 is 2.32 bits per heavy atom. The summed E-state index contributed by atoms with van der Waals surface area (Å²) in [5.74, 6) is 0.895. The van der Waals surface area contributed by atoms with Crippen molar-refractivity contribution in [3.05, 3.63) is 0 Å². The fourth-order valence-corrected chi connectivity index (χ4v) is 13.7. The Kier molecular flexibility index (Phi) is 9.06. The summed E-state index contributed by atoms with van der Waals surface area (Å²) in [7, 11) is 0. The van der Waals surface area contributed by atoms with E-state index in [1.807, 2.05) is 20.8 Å². The monoisotopic (exact) mass is 742 g/mol. The second-order valence-corrected chi connectivity index (χ2v) is 20.9. The van der Waals surface area contributed by atoms with E-state index in [4.69, 9.17) is 23.7 Å². The van der Waals surface area contributed by atoms with Gasteiger partial charge in [-0.3, -0.25) is 14.5 Å². The third-order valence-corrected chi connectivity index (χ3v) is 16.1. The number of nitrogens with zero attached hydrogens (tertiary/aromatic N) is 2. The molecule has 5 saturated carbocycles. The van der Waals surface area contributed by atoms with Crippen LogP contribution in [0.1, 0.15) is 120 Å². The summed E-state index contributed by atoms with van der Waals surface area (Å²) in [6.07, 6.45) is 7.10. The van der Waals surface area contributed by atoms with Crippen molar-refractivity contribution >= 4 is 17.8 Å². The molecular weight excluding hydrogens is 676 g/mol. The Morgan fingerprint density at radius 2 is 1.64 bits per heavy atom. The quantitative estimate of drug-likeness (QED) is 0.337. The molecule has 0 aromatic rings. The zero-order valence-electron chi connectivity index (χ0n) is 33.8. The van der Waals surface area contributed by atoms with E-state index < -0.39 is 35.5 Å². The third kappa shape index (κ3) is 6.02. The zero-order valence-corrected chi connectivity index (χ0v) is 33.8. The minimum absolute atomic E-state index is 0.00362. The van der Waals surface area contributed by atoms with E-state index in [0.717, 1.165) is 45.1 Å². The summed E-state index contributed by atoms with van der Waals surface area (Å²) in [6, 6.07) is 0.300. The second-order valence-electron chi connectivity index (χ2n) is 20.9. The molecule has 53 heavy (non-hydrogen) atoms. The lowest BCUT2D eigenvalue weighted by molar-refractivity contribution is -0.250. The summed E-state index contributed by atoms with van der Waals surface area (Å²) in [6.45, 7) is 21.1. The van der Waals surface area contributed by atoms with Crippen LogP contribution < -0.4 is 0 Å². The summed E-state index contributed by atoms with van der Waals surface area (Å²) in [5, 5.41) is 10.9. The molecule has 5 aliphatic carbocycles. The number of hydrogen-bond acceptors (Lipinski definition) is 10. The standard InChI is InChI=1S/C42H66N2O9/c1-24(45)50-35(39(7,8)48)28-12-10-27-34(51-28)33(46)32-26-11-13-29-38(5,6)30(14-15-42(29)23-41(26,42)17-16-40(27,32)9)52-31-22-43(18-19-49-31)25-20-44(21-25)36(47)53-37(2,3)4/h25-32,34-35,48H,10-23H2,1-9H3/t26?,27?,28?,29?,30?,31?,32?,34?,35?,40?,41-,42?/m0/s1. The lowest BCUT2D eigenvalue weighted by Gasteiger charge is -2.59. The number of ketones is 1. The van der Waals surface area contributed by atoms with Crippen LogP contribution >= 0.6 is 0 Å².